The Bertz CT molecular complexity index is 880. The Morgan fingerprint density at radius 1 is 1.17 bits per heavy atom. The van der Waals surface area contributed by atoms with E-state index in [-0.39, 0.29) is 5.91 Å². The molecule has 1 heterocycles. The summed E-state index contributed by atoms with van der Waals surface area (Å²) in [5, 5.41) is 4.10. The summed E-state index contributed by atoms with van der Waals surface area (Å²) in [6, 6.07) is 11.8. The van der Waals surface area contributed by atoms with Crippen LogP contribution in [0.3, 0.4) is 0 Å². The normalized spacial score (nSPS) is 10.8. The second kappa shape index (κ2) is 6.79. The fraction of sp³-hybridized carbons (Fsp3) is 0.250. The molecular weight excluding hydrogens is 300 g/mol. The van der Waals surface area contributed by atoms with Crippen LogP contribution in [0.1, 0.15) is 23.6 Å². The fourth-order valence-electron chi connectivity index (χ4n) is 3.01. The number of H-pyrrole nitrogens is 1. The molecule has 0 atom stereocenters. The predicted octanol–water partition coefficient (Wildman–Crippen LogP) is 4.36. The zero-order chi connectivity index (χ0) is 17.1. The minimum absolute atomic E-state index is 0.0253. The van der Waals surface area contributed by atoms with Crippen LogP contribution in [0.2, 0.25) is 0 Å². The van der Waals surface area contributed by atoms with Gasteiger partial charge in [-0.2, -0.15) is 0 Å². The lowest BCUT2D eigenvalue weighted by molar-refractivity contribution is -0.115. The summed E-state index contributed by atoms with van der Waals surface area (Å²) in [5.74, 6) is 0.825. The van der Waals surface area contributed by atoms with E-state index in [1.54, 1.807) is 0 Å². The van der Waals surface area contributed by atoms with Gasteiger partial charge in [-0.3, -0.25) is 4.79 Å². The number of aromatic amines is 1. The minimum atomic E-state index is -0.0253. The van der Waals surface area contributed by atoms with Crippen molar-refractivity contribution in [1.29, 1.82) is 0 Å². The van der Waals surface area contributed by atoms with Crippen LogP contribution in [0, 0.1) is 13.8 Å². The molecule has 4 nitrogen and oxygen atoms in total. The number of carbonyl (C=O) groups is 1. The lowest BCUT2D eigenvalue weighted by atomic mass is 10.1. The first-order chi connectivity index (χ1) is 11.6. The van der Waals surface area contributed by atoms with Gasteiger partial charge in [0, 0.05) is 22.8 Å². The third-order valence-corrected chi connectivity index (χ3v) is 4.11. The predicted molar refractivity (Wildman–Crippen MR) is 97.7 cm³/mol. The number of fused-ring (bicyclic) bond motifs is 1. The van der Waals surface area contributed by atoms with E-state index in [9.17, 15) is 4.79 Å². The van der Waals surface area contributed by atoms with Gasteiger partial charge in [0.25, 0.3) is 0 Å². The van der Waals surface area contributed by atoms with Gasteiger partial charge in [-0.25, -0.2) is 0 Å². The van der Waals surface area contributed by atoms with E-state index in [0.29, 0.717) is 13.0 Å². The van der Waals surface area contributed by atoms with Gasteiger partial charge in [-0.1, -0.05) is 12.1 Å². The number of hydrogen-bond acceptors (Lipinski definition) is 2. The molecule has 0 bridgehead atoms. The second-order valence-corrected chi connectivity index (χ2v) is 5.95. The highest BCUT2D eigenvalue weighted by Crippen LogP contribution is 2.24. The molecule has 0 saturated carbocycles. The first-order valence-corrected chi connectivity index (χ1v) is 8.17. The Balaban J connectivity index is 1.74. The van der Waals surface area contributed by atoms with E-state index in [1.165, 1.54) is 5.56 Å². The smallest absolute Gasteiger partial charge is 0.228 e. The monoisotopic (exact) mass is 322 g/mol. The molecule has 1 aromatic heterocycles. The number of hydrogen-bond donors (Lipinski definition) is 2. The number of benzene rings is 2. The van der Waals surface area contributed by atoms with Crippen LogP contribution in [0.5, 0.6) is 5.75 Å². The lowest BCUT2D eigenvalue weighted by Crippen LogP contribution is -2.14. The first-order valence-electron chi connectivity index (χ1n) is 8.17. The van der Waals surface area contributed by atoms with Crippen molar-refractivity contribution in [1.82, 2.24) is 4.98 Å². The van der Waals surface area contributed by atoms with Crippen molar-refractivity contribution < 1.29 is 9.53 Å². The molecule has 0 aliphatic rings. The molecule has 1 amide bonds. The Labute approximate surface area is 141 Å². The quantitative estimate of drug-likeness (QED) is 0.733. The SMILES string of the molecule is CCOc1ccc(NC(=O)Cc2c[nH]c3cccc(C)c23)cc1C. The van der Waals surface area contributed by atoms with Gasteiger partial charge < -0.3 is 15.0 Å². The zero-order valence-corrected chi connectivity index (χ0v) is 14.3. The molecule has 2 aromatic carbocycles. The molecule has 0 saturated heterocycles. The molecule has 0 aliphatic carbocycles. The van der Waals surface area contributed by atoms with Crippen LogP contribution in [-0.4, -0.2) is 17.5 Å². The van der Waals surface area contributed by atoms with Gasteiger partial charge in [-0.15, -0.1) is 0 Å². The Hall–Kier alpha value is -2.75. The third-order valence-electron chi connectivity index (χ3n) is 4.11. The van der Waals surface area contributed by atoms with Crippen LogP contribution in [0.15, 0.2) is 42.6 Å². The van der Waals surface area contributed by atoms with Crippen LogP contribution in [-0.2, 0) is 11.2 Å². The summed E-state index contributed by atoms with van der Waals surface area (Å²) in [4.78, 5) is 15.6. The van der Waals surface area contributed by atoms with Gasteiger partial charge in [0.05, 0.1) is 13.0 Å². The van der Waals surface area contributed by atoms with Crippen molar-refractivity contribution in [3.63, 3.8) is 0 Å². The molecule has 3 rings (SSSR count). The molecule has 0 fully saturated rings. The number of aromatic nitrogens is 1. The molecule has 0 unspecified atom stereocenters. The van der Waals surface area contributed by atoms with Crippen molar-refractivity contribution in [2.45, 2.75) is 27.2 Å². The summed E-state index contributed by atoms with van der Waals surface area (Å²) in [7, 11) is 0. The number of aryl methyl sites for hydroxylation is 2. The number of carbonyl (C=O) groups excluding carboxylic acids is 1. The molecule has 0 spiro atoms. The third kappa shape index (κ3) is 3.27. The van der Waals surface area contributed by atoms with E-state index in [0.717, 1.165) is 33.5 Å². The zero-order valence-electron chi connectivity index (χ0n) is 14.3. The van der Waals surface area contributed by atoms with Gasteiger partial charge >= 0.3 is 0 Å². The lowest BCUT2D eigenvalue weighted by Gasteiger charge is -2.10. The van der Waals surface area contributed by atoms with Crippen molar-refractivity contribution in [2.24, 2.45) is 0 Å². The van der Waals surface area contributed by atoms with Crippen LogP contribution < -0.4 is 10.1 Å². The van der Waals surface area contributed by atoms with Gasteiger partial charge in [0.1, 0.15) is 5.75 Å². The maximum absolute atomic E-state index is 12.4. The second-order valence-electron chi connectivity index (χ2n) is 5.95. The average molecular weight is 322 g/mol. The molecule has 0 radical (unpaired) electrons. The maximum Gasteiger partial charge on any atom is 0.228 e. The summed E-state index contributed by atoms with van der Waals surface area (Å²) in [6.07, 6.45) is 2.26. The number of amides is 1. The molecule has 24 heavy (non-hydrogen) atoms. The Morgan fingerprint density at radius 2 is 2.00 bits per heavy atom. The van der Waals surface area contributed by atoms with Gasteiger partial charge in [0.15, 0.2) is 0 Å². The Kier molecular flexibility index (Phi) is 4.56. The van der Waals surface area contributed by atoms with Gasteiger partial charge in [-0.05, 0) is 61.7 Å². The van der Waals surface area contributed by atoms with Gasteiger partial charge in [0.2, 0.25) is 5.91 Å². The van der Waals surface area contributed by atoms with E-state index >= 15 is 0 Å². The van der Waals surface area contributed by atoms with E-state index < -0.39 is 0 Å². The number of rotatable bonds is 5. The highest BCUT2D eigenvalue weighted by Gasteiger charge is 2.11. The van der Waals surface area contributed by atoms with Crippen molar-refractivity contribution >= 4 is 22.5 Å². The summed E-state index contributed by atoms with van der Waals surface area (Å²) in [6.45, 7) is 6.63. The minimum Gasteiger partial charge on any atom is -0.494 e. The summed E-state index contributed by atoms with van der Waals surface area (Å²) >= 11 is 0. The standard InChI is InChI=1S/C20H22N2O2/c1-4-24-18-9-8-16(10-14(18)3)22-19(23)11-15-12-21-17-7-5-6-13(2)20(15)17/h5-10,12,21H,4,11H2,1-3H3,(H,22,23). The van der Waals surface area contributed by atoms with Crippen molar-refractivity contribution in [3.05, 3.63) is 59.3 Å². The van der Waals surface area contributed by atoms with E-state index in [2.05, 4.69) is 23.3 Å². The van der Waals surface area contributed by atoms with Crippen LogP contribution in [0.25, 0.3) is 10.9 Å². The first kappa shape index (κ1) is 16.1. The number of anilines is 1. The molecule has 4 heteroatoms. The topological polar surface area (TPSA) is 54.1 Å². The largest absolute Gasteiger partial charge is 0.494 e. The van der Waals surface area contributed by atoms with E-state index in [1.807, 2.05) is 50.4 Å². The number of ether oxygens (including phenoxy) is 1. The van der Waals surface area contributed by atoms with Crippen molar-refractivity contribution in [2.75, 3.05) is 11.9 Å². The van der Waals surface area contributed by atoms with Crippen LogP contribution >= 0.6 is 0 Å². The maximum atomic E-state index is 12.4. The molecular formula is C20H22N2O2. The fourth-order valence-corrected chi connectivity index (χ4v) is 3.01. The molecule has 2 N–H and O–H groups in total. The molecule has 124 valence electrons. The highest BCUT2D eigenvalue weighted by molar-refractivity contribution is 5.96. The average Bonchev–Trinajstić information content (AvgIpc) is 2.94. The van der Waals surface area contributed by atoms with Crippen molar-refractivity contribution in [3.8, 4) is 5.75 Å². The molecule has 3 aromatic rings. The molecule has 0 aliphatic heterocycles. The van der Waals surface area contributed by atoms with E-state index in [4.69, 9.17) is 4.74 Å². The number of nitrogens with one attached hydrogen (secondary N) is 2. The summed E-state index contributed by atoms with van der Waals surface area (Å²) in [5.41, 5.74) is 5.06. The van der Waals surface area contributed by atoms with Crippen LogP contribution in [0.4, 0.5) is 5.69 Å². The Morgan fingerprint density at radius 3 is 2.75 bits per heavy atom. The summed E-state index contributed by atoms with van der Waals surface area (Å²) < 4.78 is 5.53. The highest BCUT2D eigenvalue weighted by atomic mass is 16.5.